The summed E-state index contributed by atoms with van der Waals surface area (Å²) in [5, 5.41) is 6.73. The lowest BCUT2D eigenvalue weighted by atomic mass is 10.2. The van der Waals surface area contributed by atoms with Crippen LogP contribution in [0.1, 0.15) is 16.1 Å². The van der Waals surface area contributed by atoms with E-state index in [1.807, 2.05) is 24.3 Å². The van der Waals surface area contributed by atoms with Gasteiger partial charge in [-0.3, -0.25) is 4.79 Å². The van der Waals surface area contributed by atoms with Gasteiger partial charge in [0.05, 0.1) is 31.8 Å². The van der Waals surface area contributed by atoms with E-state index in [9.17, 15) is 4.79 Å². The minimum absolute atomic E-state index is 0.293. The summed E-state index contributed by atoms with van der Waals surface area (Å²) in [6, 6.07) is 16.2. The summed E-state index contributed by atoms with van der Waals surface area (Å²) in [5.41, 5.74) is 2.60. The maximum atomic E-state index is 12.5. The van der Waals surface area contributed by atoms with Crippen molar-refractivity contribution < 1.29 is 14.3 Å². The molecule has 0 saturated carbocycles. The second-order valence-electron chi connectivity index (χ2n) is 5.90. The normalized spacial score (nSPS) is 10.2. The van der Waals surface area contributed by atoms with E-state index in [0.29, 0.717) is 34.4 Å². The number of anilines is 2. The molecule has 2 aromatic carbocycles. The Bertz CT molecular complexity index is 961. The maximum absolute atomic E-state index is 12.5. The summed E-state index contributed by atoms with van der Waals surface area (Å²) in [7, 11) is 3.10. The number of aromatic nitrogens is 1. The second kappa shape index (κ2) is 9.10. The van der Waals surface area contributed by atoms with Crippen molar-refractivity contribution in [2.45, 2.75) is 6.54 Å². The molecule has 28 heavy (non-hydrogen) atoms. The van der Waals surface area contributed by atoms with Crippen molar-refractivity contribution in [1.82, 2.24) is 4.98 Å². The Hall–Kier alpha value is -3.25. The van der Waals surface area contributed by atoms with Crippen molar-refractivity contribution in [3.63, 3.8) is 0 Å². The lowest BCUT2D eigenvalue weighted by Crippen LogP contribution is -2.14. The van der Waals surface area contributed by atoms with Crippen LogP contribution in [0.15, 0.2) is 60.8 Å². The minimum atomic E-state index is -0.332. The Labute approximate surface area is 168 Å². The number of benzene rings is 2. The number of halogens is 1. The third-order valence-corrected chi connectivity index (χ3v) is 4.46. The van der Waals surface area contributed by atoms with Crippen molar-refractivity contribution in [2.75, 3.05) is 24.9 Å². The van der Waals surface area contributed by atoms with E-state index in [-0.39, 0.29) is 5.91 Å². The lowest BCUT2D eigenvalue weighted by Gasteiger charge is -2.12. The van der Waals surface area contributed by atoms with Crippen molar-refractivity contribution in [1.29, 1.82) is 0 Å². The maximum Gasteiger partial charge on any atom is 0.274 e. The first kappa shape index (κ1) is 19.5. The molecule has 3 aromatic rings. The van der Waals surface area contributed by atoms with Gasteiger partial charge in [0.1, 0.15) is 17.2 Å². The molecule has 0 fully saturated rings. The van der Waals surface area contributed by atoms with Gasteiger partial charge in [0.15, 0.2) is 0 Å². The smallest absolute Gasteiger partial charge is 0.274 e. The van der Waals surface area contributed by atoms with Gasteiger partial charge in [0, 0.05) is 17.6 Å². The summed E-state index contributed by atoms with van der Waals surface area (Å²) in [6.07, 6.45) is 1.61. The lowest BCUT2D eigenvalue weighted by molar-refractivity contribution is 0.102. The predicted molar refractivity (Wildman–Crippen MR) is 111 cm³/mol. The number of nitrogens with zero attached hydrogens (tertiary/aromatic N) is 1. The first-order valence-electron chi connectivity index (χ1n) is 8.57. The van der Waals surface area contributed by atoms with E-state index in [1.165, 1.54) is 7.11 Å². The zero-order chi connectivity index (χ0) is 19.9. The average Bonchev–Trinajstić information content (AvgIpc) is 2.73. The summed E-state index contributed by atoms with van der Waals surface area (Å²) in [6.45, 7) is 0.565. The van der Waals surface area contributed by atoms with Gasteiger partial charge in [0.2, 0.25) is 0 Å². The third kappa shape index (κ3) is 4.72. The standard InChI is InChI=1S/C21H20ClN3O3/c1-27-16-8-10-18(20(11-16)28-2)25-21(26)19-9-7-15(13-24-19)23-12-14-5-3-4-6-17(14)22/h3-11,13,23H,12H2,1-2H3,(H,25,26). The number of carbonyl (C=O) groups is 1. The third-order valence-electron chi connectivity index (χ3n) is 4.09. The largest absolute Gasteiger partial charge is 0.497 e. The molecule has 1 amide bonds. The highest BCUT2D eigenvalue weighted by Crippen LogP contribution is 2.29. The van der Waals surface area contributed by atoms with E-state index in [2.05, 4.69) is 15.6 Å². The highest BCUT2D eigenvalue weighted by atomic mass is 35.5. The first-order chi connectivity index (χ1) is 13.6. The predicted octanol–water partition coefficient (Wildman–Crippen LogP) is 4.62. The van der Waals surface area contributed by atoms with Gasteiger partial charge >= 0.3 is 0 Å². The molecule has 6 nitrogen and oxygen atoms in total. The van der Waals surface area contributed by atoms with Gasteiger partial charge in [-0.15, -0.1) is 0 Å². The van der Waals surface area contributed by atoms with Crippen molar-refractivity contribution in [3.8, 4) is 11.5 Å². The van der Waals surface area contributed by atoms with E-state index < -0.39 is 0 Å². The Kier molecular flexibility index (Phi) is 6.34. The highest BCUT2D eigenvalue weighted by Gasteiger charge is 2.12. The quantitative estimate of drug-likeness (QED) is 0.608. The molecular formula is C21H20ClN3O3. The molecule has 0 bridgehead atoms. The number of carbonyl (C=O) groups excluding carboxylic acids is 1. The molecule has 144 valence electrons. The summed E-state index contributed by atoms with van der Waals surface area (Å²) in [4.78, 5) is 16.7. The van der Waals surface area contributed by atoms with Crippen LogP contribution >= 0.6 is 11.6 Å². The molecule has 0 saturated heterocycles. The molecule has 1 aromatic heterocycles. The molecule has 0 aliphatic rings. The molecule has 0 aliphatic heterocycles. The van der Waals surface area contributed by atoms with Crippen LogP contribution in [0.25, 0.3) is 0 Å². The van der Waals surface area contributed by atoms with E-state index in [0.717, 1.165) is 11.3 Å². The van der Waals surface area contributed by atoms with Crippen LogP contribution in [0.5, 0.6) is 11.5 Å². The SMILES string of the molecule is COc1ccc(NC(=O)c2ccc(NCc3ccccc3Cl)cn2)c(OC)c1. The molecule has 0 aliphatic carbocycles. The fraction of sp³-hybridized carbons (Fsp3) is 0.143. The number of ether oxygens (including phenoxy) is 2. The van der Waals surface area contributed by atoms with E-state index in [4.69, 9.17) is 21.1 Å². The number of rotatable bonds is 7. The molecule has 0 spiro atoms. The van der Waals surface area contributed by atoms with Crippen molar-refractivity contribution in [2.24, 2.45) is 0 Å². The van der Waals surface area contributed by atoms with E-state index in [1.54, 1.807) is 43.6 Å². The van der Waals surface area contributed by atoms with Crippen LogP contribution in [-0.2, 0) is 6.54 Å². The molecule has 3 rings (SSSR count). The molecule has 1 heterocycles. The summed E-state index contributed by atoms with van der Waals surface area (Å²) < 4.78 is 10.4. The zero-order valence-corrected chi connectivity index (χ0v) is 16.3. The van der Waals surface area contributed by atoms with Gasteiger partial charge in [-0.1, -0.05) is 29.8 Å². The molecule has 7 heteroatoms. The Morgan fingerprint density at radius 2 is 1.89 bits per heavy atom. The van der Waals surface area contributed by atoms with Gasteiger partial charge < -0.3 is 20.1 Å². The monoisotopic (exact) mass is 397 g/mol. The van der Waals surface area contributed by atoms with Crippen molar-refractivity contribution in [3.05, 3.63) is 77.1 Å². The van der Waals surface area contributed by atoms with E-state index >= 15 is 0 Å². The Balaban J connectivity index is 1.64. The molecule has 0 unspecified atom stereocenters. The van der Waals surface area contributed by atoms with Gasteiger partial charge in [0.25, 0.3) is 5.91 Å². The zero-order valence-electron chi connectivity index (χ0n) is 15.5. The number of pyridine rings is 1. The van der Waals surface area contributed by atoms with Crippen LogP contribution < -0.4 is 20.1 Å². The van der Waals surface area contributed by atoms with Crippen LogP contribution in [0.3, 0.4) is 0 Å². The van der Waals surface area contributed by atoms with Gasteiger partial charge in [-0.2, -0.15) is 0 Å². The fourth-order valence-electron chi connectivity index (χ4n) is 2.56. The molecule has 0 radical (unpaired) electrons. The van der Waals surface area contributed by atoms with Crippen LogP contribution in [0.2, 0.25) is 5.02 Å². The fourth-order valence-corrected chi connectivity index (χ4v) is 2.76. The minimum Gasteiger partial charge on any atom is -0.497 e. The van der Waals surface area contributed by atoms with Crippen LogP contribution in [-0.4, -0.2) is 25.1 Å². The molecule has 2 N–H and O–H groups in total. The topological polar surface area (TPSA) is 72.5 Å². The van der Waals surface area contributed by atoms with Gasteiger partial charge in [-0.25, -0.2) is 4.98 Å². The summed E-state index contributed by atoms with van der Waals surface area (Å²) >= 11 is 6.15. The second-order valence-corrected chi connectivity index (χ2v) is 6.30. The van der Waals surface area contributed by atoms with Crippen LogP contribution in [0, 0.1) is 0 Å². The number of nitrogens with one attached hydrogen (secondary N) is 2. The van der Waals surface area contributed by atoms with Gasteiger partial charge in [-0.05, 0) is 35.9 Å². The number of hydrogen-bond donors (Lipinski definition) is 2. The van der Waals surface area contributed by atoms with Crippen molar-refractivity contribution >= 4 is 28.9 Å². The highest BCUT2D eigenvalue weighted by molar-refractivity contribution is 6.31. The number of amides is 1. The van der Waals surface area contributed by atoms with Crippen LogP contribution in [0.4, 0.5) is 11.4 Å². The first-order valence-corrected chi connectivity index (χ1v) is 8.95. The Morgan fingerprint density at radius 3 is 2.57 bits per heavy atom. The molecule has 0 atom stereocenters. The summed E-state index contributed by atoms with van der Waals surface area (Å²) in [5.74, 6) is 0.814. The average molecular weight is 398 g/mol. The molecular weight excluding hydrogens is 378 g/mol. The number of methoxy groups -OCH3 is 2. The Morgan fingerprint density at radius 1 is 1.07 bits per heavy atom. The number of hydrogen-bond acceptors (Lipinski definition) is 5.